The fraction of sp³-hybridized carbons (Fsp3) is 0.308. The second kappa shape index (κ2) is 10.8. The zero-order chi connectivity index (χ0) is 27.9. The molecule has 1 aliphatic heterocycles. The normalized spacial score (nSPS) is 22.3. The van der Waals surface area contributed by atoms with Crippen molar-refractivity contribution in [1.82, 2.24) is 14.6 Å². The Kier molecular flexibility index (Phi) is 7.57. The molecule has 206 valence electrons. The average molecular weight is 579 g/mol. The van der Waals surface area contributed by atoms with E-state index in [0.29, 0.717) is 11.1 Å². The molecule has 5 atom stereocenters. The van der Waals surface area contributed by atoms with Crippen molar-refractivity contribution in [3.63, 3.8) is 0 Å². The second-order valence-corrected chi connectivity index (χ2v) is 11.2. The molecule has 0 bridgehead atoms. The van der Waals surface area contributed by atoms with Gasteiger partial charge in [0.2, 0.25) is 5.28 Å². The average Bonchev–Trinajstić information content (AvgIpc) is 3.44. The quantitative estimate of drug-likeness (QED) is 0.293. The van der Waals surface area contributed by atoms with Gasteiger partial charge in [-0.25, -0.2) is 13.3 Å². The number of nitrogens with one attached hydrogen (secondary N) is 1. The van der Waals surface area contributed by atoms with E-state index in [0.717, 1.165) is 5.56 Å². The Morgan fingerprint density at radius 2 is 1.90 bits per heavy atom. The first-order chi connectivity index (χ1) is 18.5. The number of aliphatic hydroxyl groups is 1. The van der Waals surface area contributed by atoms with Gasteiger partial charge in [0.1, 0.15) is 29.6 Å². The van der Waals surface area contributed by atoms with Gasteiger partial charge in [-0.05, 0) is 55.8 Å². The Hall–Kier alpha value is -3.16. The van der Waals surface area contributed by atoms with E-state index in [-0.39, 0.29) is 21.7 Å². The van der Waals surface area contributed by atoms with Crippen LogP contribution in [0.1, 0.15) is 35.9 Å². The summed E-state index contributed by atoms with van der Waals surface area (Å²) >= 11 is 6.15. The van der Waals surface area contributed by atoms with Crippen LogP contribution >= 0.6 is 11.6 Å². The Morgan fingerprint density at radius 1 is 1.18 bits per heavy atom. The lowest BCUT2D eigenvalue weighted by atomic mass is 10.1. The number of aromatic nitrogens is 3. The molecule has 0 unspecified atom stereocenters. The summed E-state index contributed by atoms with van der Waals surface area (Å²) in [6, 6.07) is 15.0. The van der Waals surface area contributed by atoms with Crippen LogP contribution in [0, 0.1) is 12.7 Å². The van der Waals surface area contributed by atoms with E-state index >= 15 is 4.39 Å². The minimum absolute atomic E-state index is 0.0671. The molecule has 13 heteroatoms. The van der Waals surface area contributed by atoms with Crippen LogP contribution in [-0.2, 0) is 19.0 Å². The van der Waals surface area contributed by atoms with E-state index in [1.165, 1.54) is 28.8 Å². The summed E-state index contributed by atoms with van der Waals surface area (Å²) in [4.78, 5) is 4.14. The number of hydrogen-bond donors (Lipinski definition) is 2. The summed E-state index contributed by atoms with van der Waals surface area (Å²) < 4.78 is 66.7. The maximum Gasteiger partial charge on any atom is 0.297 e. The number of aliphatic hydroxyl groups excluding tert-OH is 1. The first-order valence-electron chi connectivity index (χ1n) is 12.0. The number of nitrogens with zero attached hydrogens (tertiary/aromatic N) is 3. The third-order valence-electron chi connectivity index (χ3n) is 6.55. The molecule has 0 spiro atoms. The first kappa shape index (κ1) is 27.4. The largest absolute Gasteiger partial charge is 0.387 e. The molecular weight excluding hydrogens is 554 g/mol. The number of rotatable bonds is 8. The Bertz CT molecular complexity index is 1600. The molecule has 4 aromatic rings. The number of aryl methyl sites for hydroxylation is 1. The van der Waals surface area contributed by atoms with Crippen molar-refractivity contribution in [3.05, 3.63) is 88.6 Å². The van der Waals surface area contributed by atoms with Gasteiger partial charge in [0.25, 0.3) is 10.1 Å². The highest BCUT2D eigenvalue weighted by molar-refractivity contribution is 7.86. The highest BCUT2D eigenvalue weighted by Crippen LogP contribution is 2.38. The molecule has 1 aliphatic rings. The lowest BCUT2D eigenvalue weighted by Crippen LogP contribution is -2.32. The molecule has 3 heterocycles. The summed E-state index contributed by atoms with van der Waals surface area (Å²) in [6.07, 6.45) is -6.15. The molecule has 5 rings (SSSR count). The van der Waals surface area contributed by atoms with Gasteiger partial charge in [0.05, 0.1) is 23.2 Å². The summed E-state index contributed by atoms with van der Waals surface area (Å²) in [5, 5.41) is 17.6. The summed E-state index contributed by atoms with van der Waals surface area (Å²) in [5.41, 5.74) is 1.90. The van der Waals surface area contributed by atoms with Crippen LogP contribution in [0.25, 0.3) is 5.52 Å². The molecule has 2 aromatic heterocycles. The number of fused-ring (bicyclic) bond motifs is 1. The van der Waals surface area contributed by atoms with Crippen LogP contribution in [0.15, 0.2) is 65.6 Å². The summed E-state index contributed by atoms with van der Waals surface area (Å²) in [7, 11) is -4.15. The van der Waals surface area contributed by atoms with Gasteiger partial charge in [-0.3, -0.25) is 4.18 Å². The highest BCUT2D eigenvalue weighted by atomic mass is 35.5. The van der Waals surface area contributed by atoms with Crippen LogP contribution in [0.4, 0.5) is 14.6 Å². The monoisotopic (exact) mass is 578 g/mol. The maximum atomic E-state index is 15.3. The molecule has 0 aliphatic carbocycles. The lowest BCUT2D eigenvalue weighted by Gasteiger charge is -2.17. The number of anilines is 1. The van der Waals surface area contributed by atoms with Crippen molar-refractivity contribution in [2.24, 2.45) is 0 Å². The van der Waals surface area contributed by atoms with Gasteiger partial charge in [0.15, 0.2) is 12.0 Å². The molecule has 0 saturated carbocycles. The molecule has 0 radical (unpaired) electrons. The van der Waals surface area contributed by atoms with Crippen molar-refractivity contribution in [2.75, 3.05) is 11.9 Å². The molecule has 0 amide bonds. The smallest absolute Gasteiger partial charge is 0.297 e. The standard InChI is InChI=1S/C26H25ClF2N4O5S/c1-14-7-9-16(10-8-14)39(35,36)37-13-21-23(34)22(29)24(38-21)19-11-12-20-25(31-26(27)32-33(19)20)30-15(2)17-5-3-4-6-18(17)28/h3-12,15,21-24,34H,13H2,1-2H3,(H,30,31,32)/t15-,21-,22+,23-,24+/m1/s1. The molecule has 1 saturated heterocycles. The van der Waals surface area contributed by atoms with Crippen LogP contribution in [-0.4, -0.2) is 53.1 Å². The topological polar surface area (TPSA) is 115 Å². The van der Waals surface area contributed by atoms with E-state index in [4.69, 9.17) is 20.5 Å². The van der Waals surface area contributed by atoms with Crippen LogP contribution in [0.3, 0.4) is 0 Å². The van der Waals surface area contributed by atoms with Crippen molar-refractivity contribution in [2.45, 2.75) is 49.3 Å². The summed E-state index contributed by atoms with van der Waals surface area (Å²) in [5.74, 6) is -0.119. The molecular formula is C26H25ClF2N4O5S. The van der Waals surface area contributed by atoms with Gasteiger partial charge in [-0.1, -0.05) is 35.9 Å². The molecule has 2 aromatic carbocycles. The first-order valence-corrected chi connectivity index (χ1v) is 13.8. The molecule has 9 nitrogen and oxygen atoms in total. The molecule has 2 N–H and O–H groups in total. The van der Waals surface area contributed by atoms with Crippen molar-refractivity contribution in [1.29, 1.82) is 0 Å². The van der Waals surface area contributed by atoms with Gasteiger partial charge in [-0.2, -0.15) is 13.4 Å². The van der Waals surface area contributed by atoms with Crippen LogP contribution < -0.4 is 5.32 Å². The zero-order valence-corrected chi connectivity index (χ0v) is 22.4. The Labute approximate surface area is 228 Å². The van der Waals surface area contributed by atoms with E-state index < -0.39 is 53.1 Å². The Balaban J connectivity index is 1.36. The second-order valence-electron chi connectivity index (χ2n) is 9.25. The van der Waals surface area contributed by atoms with Crippen molar-refractivity contribution in [3.8, 4) is 0 Å². The fourth-order valence-electron chi connectivity index (χ4n) is 4.45. The minimum Gasteiger partial charge on any atom is -0.387 e. The Morgan fingerprint density at radius 3 is 2.62 bits per heavy atom. The van der Waals surface area contributed by atoms with Crippen molar-refractivity contribution >= 4 is 33.1 Å². The van der Waals surface area contributed by atoms with Gasteiger partial charge in [0, 0.05) is 5.56 Å². The number of ether oxygens (including phenoxy) is 1. The number of benzene rings is 2. The number of alkyl halides is 1. The highest BCUT2D eigenvalue weighted by Gasteiger charge is 2.46. The zero-order valence-electron chi connectivity index (χ0n) is 20.8. The van der Waals surface area contributed by atoms with Gasteiger partial charge in [-0.15, -0.1) is 5.10 Å². The van der Waals surface area contributed by atoms with Crippen LogP contribution in [0.2, 0.25) is 5.28 Å². The fourth-order valence-corrected chi connectivity index (χ4v) is 5.53. The SMILES string of the molecule is Cc1ccc(S(=O)(=O)OC[C@H]2O[C@@H](c3ccc4c(N[C@H](C)c5ccccc5F)nc(Cl)nn34)[C@@H](F)[C@@H]2O)cc1. The van der Waals surface area contributed by atoms with Gasteiger partial charge >= 0.3 is 0 Å². The van der Waals surface area contributed by atoms with E-state index in [1.807, 2.05) is 6.92 Å². The minimum atomic E-state index is -4.15. The molecule has 39 heavy (non-hydrogen) atoms. The van der Waals surface area contributed by atoms with E-state index in [9.17, 15) is 17.9 Å². The molecule has 1 fully saturated rings. The van der Waals surface area contributed by atoms with Crippen molar-refractivity contribution < 1.29 is 31.2 Å². The third-order valence-corrected chi connectivity index (χ3v) is 8.00. The van der Waals surface area contributed by atoms with Crippen LogP contribution in [0.5, 0.6) is 0 Å². The third kappa shape index (κ3) is 5.48. The number of hydrogen-bond acceptors (Lipinski definition) is 8. The van der Waals surface area contributed by atoms with E-state index in [2.05, 4.69) is 15.4 Å². The predicted octanol–water partition coefficient (Wildman–Crippen LogP) is 4.55. The maximum absolute atomic E-state index is 15.3. The summed E-state index contributed by atoms with van der Waals surface area (Å²) in [6.45, 7) is 2.96. The van der Waals surface area contributed by atoms with Gasteiger partial charge < -0.3 is 15.2 Å². The lowest BCUT2D eigenvalue weighted by molar-refractivity contribution is -0.0169. The van der Waals surface area contributed by atoms with E-state index in [1.54, 1.807) is 43.3 Å². The number of halogens is 3. The predicted molar refractivity (Wildman–Crippen MR) is 139 cm³/mol.